The molecule has 0 spiro atoms. The number of carbonyl (C=O) groups excluding carboxylic acids is 1. The molecule has 4 rings (SSSR count). The first kappa shape index (κ1) is 14.9. The van der Waals surface area contributed by atoms with Crippen molar-refractivity contribution in [3.8, 4) is 11.3 Å². The van der Waals surface area contributed by atoms with Crippen LogP contribution in [0, 0.1) is 0 Å². The van der Waals surface area contributed by atoms with Crippen LogP contribution >= 0.6 is 0 Å². The minimum atomic E-state index is -0.385. The second kappa shape index (κ2) is 5.74. The molecule has 0 radical (unpaired) electrons. The molecule has 0 saturated heterocycles. The summed E-state index contributed by atoms with van der Waals surface area (Å²) in [6.07, 6.45) is 7.34. The molecule has 1 aromatic carbocycles. The lowest BCUT2D eigenvalue weighted by molar-refractivity contribution is 0.0378. The van der Waals surface area contributed by atoms with E-state index in [-0.39, 0.29) is 12.1 Å². The average molecular weight is 321 g/mol. The Kier molecular flexibility index (Phi) is 3.56. The molecule has 24 heavy (non-hydrogen) atoms. The fraction of sp³-hybridized carbons (Fsp3) is 0.316. The molecule has 2 heterocycles. The summed E-state index contributed by atoms with van der Waals surface area (Å²) in [5, 5.41) is 1.10. The van der Waals surface area contributed by atoms with Gasteiger partial charge in [-0.25, -0.2) is 14.8 Å². The van der Waals surface area contributed by atoms with Crippen molar-refractivity contribution in [1.29, 1.82) is 0 Å². The summed E-state index contributed by atoms with van der Waals surface area (Å²) in [4.78, 5) is 20.8. The number of carbonyl (C=O) groups is 1. The number of benzene rings is 1. The quantitative estimate of drug-likeness (QED) is 0.682. The van der Waals surface area contributed by atoms with Crippen molar-refractivity contribution in [2.24, 2.45) is 0 Å². The summed E-state index contributed by atoms with van der Waals surface area (Å²) < 4.78 is 7.65. The predicted molar refractivity (Wildman–Crippen MR) is 91.8 cm³/mol. The first-order valence-corrected chi connectivity index (χ1v) is 8.26. The topological polar surface area (TPSA) is 57.0 Å². The van der Waals surface area contributed by atoms with E-state index in [2.05, 4.69) is 32.9 Å². The zero-order valence-electron chi connectivity index (χ0n) is 13.8. The highest BCUT2D eigenvalue weighted by atomic mass is 16.5. The number of nitrogens with zero attached hydrogens (tertiary/aromatic N) is 3. The van der Waals surface area contributed by atoms with Crippen LogP contribution in [0.2, 0.25) is 0 Å². The van der Waals surface area contributed by atoms with Crippen molar-refractivity contribution in [1.82, 2.24) is 14.5 Å². The van der Waals surface area contributed by atoms with Crippen LogP contribution in [0.25, 0.3) is 22.2 Å². The Balaban J connectivity index is 1.88. The van der Waals surface area contributed by atoms with E-state index in [1.165, 1.54) is 30.9 Å². The molecule has 3 aromatic rings. The van der Waals surface area contributed by atoms with E-state index in [1.54, 1.807) is 0 Å². The molecule has 2 aromatic heterocycles. The van der Waals surface area contributed by atoms with Gasteiger partial charge in [0.15, 0.2) is 0 Å². The smallest absolute Gasteiger partial charge is 0.342 e. The Bertz CT molecular complexity index is 910. The molecule has 0 amide bonds. The van der Waals surface area contributed by atoms with Crippen LogP contribution in [0.3, 0.4) is 0 Å². The van der Waals surface area contributed by atoms with E-state index < -0.39 is 0 Å². The van der Waals surface area contributed by atoms with Crippen molar-refractivity contribution in [3.05, 3.63) is 48.5 Å². The van der Waals surface area contributed by atoms with Gasteiger partial charge in [-0.15, -0.1) is 0 Å². The molecule has 0 atom stereocenters. The Morgan fingerprint density at radius 2 is 2.08 bits per heavy atom. The van der Waals surface area contributed by atoms with Crippen LogP contribution in [0.1, 0.15) is 43.1 Å². The molecule has 5 heteroatoms. The van der Waals surface area contributed by atoms with Gasteiger partial charge in [-0.1, -0.05) is 18.2 Å². The molecule has 0 N–H and O–H groups in total. The Labute approximate surface area is 140 Å². The number of para-hydroxylation sites is 1. The fourth-order valence-electron chi connectivity index (χ4n) is 3.02. The molecule has 1 saturated carbocycles. The molecular weight excluding hydrogens is 302 g/mol. The average Bonchev–Trinajstić information content (AvgIpc) is 3.35. The van der Waals surface area contributed by atoms with E-state index in [1.807, 2.05) is 26.0 Å². The maximum Gasteiger partial charge on any atom is 0.342 e. The fourth-order valence-corrected chi connectivity index (χ4v) is 3.02. The number of hydrogen-bond donors (Lipinski definition) is 0. The van der Waals surface area contributed by atoms with Crippen molar-refractivity contribution in [2.45, 2.75) is 38.8 Å². The van der Waals surface area contributed by atoms with Gasteiger partial charge in [0, 0.05) is 34.9 Å². The normalized spacial score (nSPS) is 14.3. The molecule has 0 aliphatic heterocycles. The maximum absolute atomic E-state index is 12.4. The van der Waals surface area contributed by atoms with Crippen LogP contribution in [-0.2, 0) is 4.74 Å². The number of ether oxygens (including phenoxy) is 1. The van der Waals surface area contributed by atoms with Crippen LogP contribution in [-0.4, -0.2) is 26.6 Å². The number of rotatable bonds is 4. The summed E-state index contributed by atoms with van der Waals surface area (Å²) in [5.41, 5.74) is 3.17. The number of fused-ring (bicyclic) bond motifs is 1. The van der Waals surface area contributed by atoms with Gasteiger partial charge in [0.25, 0.3) is 0 Å². The third kappa shape index (κ3) is 2.56. The van der Waals surface area contributed by atoms with E-state index in [0.29, 0.717) is 17.3 Å². The minimum absolute atomic E-state index is 0.182. The van der Waals surface area contributed by atoms with E-state index >= 15 is 0 Å². The highest BCUT2D eigenvalue weighted by molar-refractivity contribution is 6.02. The second-order valence-corrected chi connectivity index (χ2v) is 6.44. The minimum Gasteiger partial charge on any atom is -0.459 e. The van der Waals surface area contributed by atoms with Crippen molar-refractivity contribution < 1.29 is 9.53 Å². The lowest BCUT2D eigenvalue weighted by Crippen LogP contribution is -2.13. The van der Waals surface area contributed by atoms with Gasteiger partial charge < -0.3 is 9.30 Å². The van der Waals surface area contributed by atoms with Crippen molar-refractivity contribution in [3.63, 3.8) is 0 Å². The Hall–Kier alpha value is -2.69. The van der Waals surface area contributed by atoms with E-state index in [4.69, 9.17) is 4.74 Å². The molecule has 0 unspecified atom stereocenters. The van der Waals surface area contributed by atoms with Crippen LogP contribution in [0.4, 0.5) is 0 Å². The van der Waals surface area contributed by atoms with Gasteiger partial charge in [0.2, 0.25) is 0 Å². The standard InChI is InChI=1S/C19H19N3O2/c1-12(2)24-19(23)15-9-20-11-21-18(15)16-10-22(13-7-8-13)17-6-4-3-5-14(16)17/h3-6,9-13H,7-8H2,1-2H3. The summed E-state index contributed by atoms with van der Waals surface area (Å²) in [6.45, 7) is 3.67. The summed E-state index contributed by atoms with van der Waals surface area (Å²) in [5.74, 6) is -0.385. The summed E-state index contributed by atoms with van der Waals surface area (Å²) in [6, 6.07) is 8.79. The highest BCUT2D eigenvalue weighted by Gasteiger charge is 2.27. The Morgan fingerprint density at radius 3 is 2.83 bits per heavy atom. The first-order chi connectivity index (χ1) is 11.6. The Morgan fingerprint density at radius 1 is 1.29 bits per heavy atom. The number of aromatic nitrogens is 3. The van der Waals surface area contributed by atoms with Crippen LogP contribution in [0.5, 0.6) is 0 Å². The molecule has 1 aliphatic carbocycles. The van der Waals surface area contributed by atoms with Gasteiger partial charge in [-0.05, 0) is 32.8 Å². The third-order valence-electron chi connectivity index (χ3n) is 4.21. The first-order valence-electron chi connectivity index (χ1n) is 8.26. The van der Waals surface area contributed by atoms with E-state index in [9.17, 15) is 4.79 Å². The molecule has 5 nitrogen and oxygen atoms in total. The van der Waals surface area contributed by atoms with Crippen LogP contribution in [0.15, 0.2) is 43.0 Å². The zero-order valence-corrected chi connectivity index (χ0v) is 13.8. The molecule has 1 aliphatic rings. The molecule has 122 valence electrons. The van der Waals surface area contributed by atoms with Gasteiger partial charge in [-0.2, -0.15) is 0 Å². The van der Waals surface area contributed by atoms with Gasteiger partial charge >= 0.3 is 5.97 Å². The lowest BCUT2D eigenvalue weighted by atomic mass is 10.1. The predicted octanol–water partition coefficient (Wildman–Crippen LogP) is 4.00. The van der Waals surface area contributed by atoms with Gasteiger partial charge in [0.05, 0.1) is 11.8 Å². The maximum atomic E-state index is 12.4. The number of esters is 1. The largest absolute Gasteiger partial charge is 0.459 e. The van der Waals surface area contributed by atoms with E-state index in [0.717, 1.165) is 10.9 Å². The zero-order chi connectivity index (χ0) is 16.7. The summed E-state index contributed by atoms with van der Waals surface area (Å²) >= 11 is 0. The number of hydrogen-bond acceptors (Lipinski definition) is 4. The van der Waals surface area contributed by atoms with Crippen molar-refractivity contribution in [2.75, 3.05) is 0 Å². The highest BCUT2D eigenvalue weighted by Crippen LogP contribution is 2.41. The molecule has 0 bridgehead atoms. The SMILES string of the molecule is CC(C)OC(=O)c1cncnc1-c1cn(C2CC2)c2ccccc12. The third-order valence-corrected chi connectivity index (χ3v) is 4.21. The molecule has 1 fully saturated rings. The monoisotopic (exact) mass is 321 g/mol. The lowest BCUT2D eigenvalue weighted by Gasteiger charge is -2.10. The molecular formula is C19H19N3O2. The van der Waals surface area contributed by atoms with Gasteiger partial charge in [-0.3, -0.25) is 0 Å². The van der Waals surface area contributed by atoms with Gasteiger partial charge in [0.1, 0.15) is 11.9 Å². The summed E-state index contributed by atoms with van der Waals surface area (Å²) in [7, 11) is 0. The van der Waals surface area contributed by atoms with Crippen LogP contribution < -0.4 is 0 Å². The second-order valence-electron chi connectivity index (χ2n) is 6.44. The van der Waals surface area contributed by atoms with Crippen molar-refractivity contribution >= 4 is 16.9 Å².